The summed E-state index contributed by atoms with van der Waals surface area (Å²) in [6.07, 6.45) is -4.16. The number of hydrogen-bond donors (Lipinski definition) is 1. The van der Waals surface area contributed by atoms with Gasteiger partial charge in [-0.3, -0.25) is 9.59 Å². The van der Waals surface area contributed by atoms with Gasteiger partial charge < -0.3 is 10.2 Å². The summed E-state index contributed by atoms with van der Waals surface area (Å²) >= 11 is 0. The van der Waals surface area contributed by atoms with Gasteiger partial charge in [0.1, 0.15) is 0 Å². The predicted octanol–water partition coefficient (Wildman–Crippen LogP) is 4.32. The number of nitrogens with one attached hydrogen (secondary N) is 1. The number of anilines is 1. The van der Waals surface area contributed by atoms with E-state index in [4.69, 9.17) is 0 Å². The van der Waals surface area contributed by atoms with E-state index >= 15 is 0 Å². The molecule has 0 aliphatic heterocycles. The van der Waals surface area contributed by atoms with E-state index in [1.165, 1.54) is 15.6 Å². The number of carbonyl (C=O) groups excluding carboxylic acids is 2. The van der Waals surface area contributed by atoms with Crippen LogP contribution in [0.5, 0.6) is 0 Å². The van der Waals surface area contributed by atoms with Gasteiger partial charge in [0, 0.05) is 31.0 Å². The van der Waals surface area contributed by atoms with Crippen LogP contribution in [0, 0.1) is 13.8 Å². The number of alkyl halides is 3. The summed E-state index contributed by atoms with van der Waals surface area (Å²) in [7, 11) is 3.38. The highest BCUT2D eigenvalue weighted by Crippen LogP contribution is 2.31. The molecule has 0 radical (unpaired) electrons. The van der Waals surface area contributed by atoms with Gasteiger partial charge >= 0.3 is 6.18 Å². The lowest BCUT2D eigenvalue weighted by molar-refractivity contribution is -0.137. The van der Waals surface area contributed by atoms with Gasteiger partial charge in [-0.1, -0.05) is 18.2 Å². The fourth-order valence-electron chi connectivity index (χ4n) is 3.40. The Morgan fingerprint density at radius 3 is 2.30 bits per heavy atom. The number of nitrogens with zero attached hydrogens (tertiary/aromatic N) is 3. The number of likely N-dealkylation sites (N-methyl/N-ethyl adjacent to an activating group) is 1. The van der Waals surface area contributed by atoms with Crippen LogP contribution in [-0.2, 0) is 28.6 Å². The molecule has 174 valence electrons. The van der Waals surface area contributed by atoms with Crippen LogP contribution in [0.3, 0.4) is 0 Å². The number of halogens is 3. The van der Waals surface area contributed by atoms with Gasteiger partial charge in [-0.25, -0.2) is 4.68 Å². The van der Waals surface area contributed by atoms with Gasteiger partial charge in [-0.2, -0.15) is 18.3 Å². The molecule has 0 unspecified atom stereocenters. The number of aromatic nitrogens is 2. The second-order valence-corrected chi connectivity index (χ2v) is 8.00. The third-order valence-corrected chi connectivity index (χ3v) is 5.29. The third kappa shape index (κ3) is 5.79. The topological polar surface area (TPSA) is 67.2 Å². The molecule has 0 saturated carbocycles. The second-order valence-electron chi connectivity index (χ2n) is 8.00. The van der Waals surface area contributed by atoms with Crippen LogP contribution in [-0.4, -0.2) is 40.6 Å². The normalized spacial score (nSPS) is 11.4. The summed E-state index contributed by atoms with van der Waals surface area (Å²) in [6.45, 7) is 3.44. The van der Waals surface area contributed by atoms with Crippen molar-refractivity contribution in [1.82, 2.24) is 14.7 Å². The third-order valence-electron chi connectivity index (χ3n) is 5.29. The molecule has 2 aromatic carbocycles. The predicted molar refractivity (Wildman–Crippen MR) is 119 cm³/mol. The molecule has 2 amide bonds. The highest BCUT2D eigenvalue weighted by molar-refractivity contribution is 5.92. The molecule has 3 rings (SSSR count). The molecule has 0 fully saturated rings. The minimum absolute atomic E-state index is 0.0180. The van der Waals surface area contributed by atoms with E-state index < -0.39 is 11.7 Å². The summed E-state index contributed by atoms with van der Waals surface area (Å²) in [5.74, 6) is -0.294. The zero-order valence-electron chi connectivity index (χ0n) is 18.8. The molecule has 33 heavy (non-hydrogen) atoms. The average molecular weight is 458 g/mol. The van der Waals surface area contributed by atoms with Crippen molar-refractivity contribution in [3.8, 4) is 5.69 Å². The molecule has 9 heteroatoms. The van der Waals surface area contributed by atoms with E-state index in [0.717, 1.165) is 17.7 Å². The fourth-order valence-corrected chi connectivity index (χ4v) is 3.40. The summed E-state index contributed by atoms with van der Waals surface area (Å²) in [6, 6.07) is 11.9. The summed E-state index contributed by atoms with van der Waals surface area (Å²) < 4.78 is 40.6. The van der Waals surface area contributed by atoms with Crippen molar-refractivity contribution in [2.75, 3.05) is 19.4 Å². The molecule has 0 aliphatic carbocycles. The highest BCUT2D eigenvalue weighted by Gasteiger charge is 2.30. The van der Waals surface area contributed by atoms with Crippen LogP contribution in [0.2, 0.25) is 0 Å². The van der Waals surface area contributed by atoms with Crippen molar-refractivity contribution in [1.29, 1.82) is 0 Å². The number of rotatable bonds is 6. The van der Waals surface area contributed by atoms with Gasteiger partial charge in [-0.15, -0.1) is 0 Å². The van der Waals surface area contributed by atoms with Gasteiger partial charge in [0.2, 0.25) is 11.8 Å². The first-order valence-corrected chi connectivity index (χ1v) is 10.3. The Balaban J connectivity index is 1.72. The molecular formula is C24H25F3N4O2. The maximum absolute atomic E-state index is 13.1. The minimum Gasteiger partial charge on any atom is -0.349 e. The molecule has 3 aromatic rings. The first kappa shape index (κ1) is 24.0. The number of amides is 2. The Hall–Kier alpha value is -3.62. The first-order chi connectivity index (χ1) is 15.5. The zero-order valence-corrected chi connectivity index (χ0v) is 18.8. The second kappa shape index (κ2) is 9.48. The average Bonchev–Trinajstić information content (AvgIpc) is 3.02. The lowest BCUT2D eigenvalue weighted by atomic mass is 10.1. The van der Waals surface area contributed by atoms with Gasteiger partial charge in [0.05, 0.1) is 29.8 Å². The lowest BCUT2D eigenvalue weighted by Crippen LogP contribution is -2.23. The summed E-state index contributed by atoms with van der Waals surface area (Å²) in [5.41, 5.74) is 2.75. The largest absolute Gasteiger partial charge is 0.416 e. The number of benzene rings is 2. The van der Waals surface area contributed by atoms with Crippen LogP contribution < -0.4 is 5.32 Å². The standard InChI is InChI=1S/C24H25F3N4O2/c1-15-21(16(2)31(29-15)20-7-5-6-18(13-20)24(25,26)27)14-22(32)28-19-10-8-17(9-11-19)12-23(33)30(3)4/h5-11,13H,12,14H2,1-4H3,(H,28,32). The Morgan fingerprint density at radius 1 is 1.03 bits per heavy atom. The number of hydrogen-bond acceptors (Lipinski definition) is 3. The van der Waals surface area contributed by atoms with Crippen molar-refractivity contribution in [3.63, 3.8) is 0 Å². The highest BCUT2D eigenvalue weighted by atomic mass is 19.4. The van der Waals surface area contributed by atoms with Crippen LogP contribution in [0.4, 0.5) is 18.9 Å². The summed E-state index contributed by atoms with van der Waals surface area (Å²) in [5, 5.41) is 7.16. The fraction of sp³-hybridized carbons (Fsp3) is 0.292. The van der Waals surface area contributed by atoms with E-state index in [-0.39, 0.29) is 30.3 Å². The molecule has 0 saturated heterocycles. The Kier molecular flexibility index (Phi) is 6.90. The zero-order chi connectivity index (χ0) is 24.3. The van der Waals surface area contributed by atoms with E-state index in [1.54, 1.807) is 58.3 Å². The molecule has 0 aliphatic rings. The van der Waals surface area contributed by atoms with Crippen LogP contribution in [0.25, 0.3) is 5.69 Å². The molecule has 0 atom stereocenters. The van der Waals surface area contributed by atoms with E-state index in [2.05, 4.69) is 10.4 Å². The van der Waals surface area contributed by atoms with Crippen molar-refractivity contribution in [2.24, 2.45) is 0 Å². The Morgan fingerprint density at radius 2 is 1.70 bits per heavy atom. The van der Waals surface area contributed by atoms with E-state index in [1.807, 2.05) is 0 Å². The molecule has 0 bridgehead atoms. The van der Waals surface area contributed by atoms with Crippen molar-refractivity contribution < 1.29 is 22.8 Å². The maximum Gasteiger partial charge on any atom is 0.416 e. The van der Waals surface area contributed by atoms with E-state index in [0.29, 0.717) is 22.6 Å². The van der Waals surface area contributed by atoms with Crippen LogP contribution in [0.1, 0.15) is 28.1 Å². The smallest absolute Gasteiger partial charge is 0.349 e. The molecule has 1 aromatic heterocycles. The first-order valence-electron chi connectivity index (χ1n) is 10.3. The minimum atomic E-state index is -4.45. The molecule has 1 heterocycles. The number of carbonyl (C=O) groups is 2. The Labute approximate surface area is 190 Å². The molecule has 0 spiro atoms. The van der Waals surface area contributed by atoms with Gasteiger partial charge in [0.25, 0.3) is 0 Å². The van der Waals surface area contributed by atoms with Crippen LogP contribution >= 0.6 is 0 Å². The van der Waals surface area contributed by atoms with Gasteiger partial charge in [0.15, 0.2) is 0 Å². The Bertz CT molecular complexity index is 1170. The molecule has 1 N–H and O–H groups in total. The van der Waals surface area contributed by atoms with Crippen molar-refractivity contribution in [2.45, 2.75) is 32.9 Å². The molecule has 6 nitrogen and oxygen atoms in total. The maximum atomic E-state index is 13.1. The SMILES string of the molecule is Cc1nn(-c2cccc(C(F)(F)F)c2)c(C)c1CC(=O)Nc1ccc(CC(=O)N(C)C)cc1. The monoisotopic (exact) mass is 458 g/mol. The van der Waals surface area contributed by atoms with Gasteiger partial charge in [-0.05, 0) is 49.7 Å². The summed E-state index contributed by atoms with van der Waals surface area (Å²) in [4.78, 5) is 25.9. The van der Waals surface area contributed by atoms with Crippen molar-refractivity contribution >= 4 is 17.5 Å². The van der Waals surface area contributed by atoms with E-state index in [9.17, 15) is 22.8 Å². The lowest BCUT2D eigenvalue weighted by Gasteiger charge is -2.11. The number of aryl methyl sites for hydroxylation is 1. The van der Waals surface area contributed by atoms with Crippen molar-refractivity contribution in [3.05, 3.63) is 76.6 Å². The van der Waals surface area contributed by atoms with Crippen LogP contribution in [0.15, 0.2) is 48.5 Å². The molecular weight excluding hydrogens is 433 g/mol. The quantitative estimate of drug-likeness (QED) is 0.598.